The highest BCUT2D eigenvalue weighted by molar-refractivity contribution is 9.10. The molecular weight excluding hydrogens is 460 g/mol. The Balaban J connectivity index is 1.62. The van der Waals surface area contributed by atoms with Crippen molar-refractivity contribution in [3.8, 4) is 5.75 Å². The Labute approximate surface area is 192 Å². The van der Waals surface area contributed by atoms with Gasteiger partial charge in [-0.05, 0) is 63.6 Å². The summed E-state index contributed by atoms with van der Waals surface area (Å²) in [6.45, 7) is 9.34. The number of ether oxygens (including phenoxy) is 2. The number of amides is 2. The minimum atomic E-state index is -0.209. The van der Waals surface area contributed by atoms with E-state index in [2.05, 4.69) is 21.2 Å². The van der Waals surface area contributed by atoms with Gasteiger partial charge in [-0.2, -0.15) is 0 Å². The summed E-state index contributed by atoms with van der Waals surface area (Å²) in [5.41, 5.74) is 2.04. The average Bonchev–Trinajstić information content (AvgIpc) is 2.71. The zero-order chi connectivity index (χ0) is 22.5. The van der Waals surface area contributed by atoms with Gasteiger partial charge in [-0.15, -0.1) is 0 Å². The van der Waals surface area contributed by atoms with E-state index in [9.17, 15) is 9.59 Å². The van der Waals surface area contributed by atoms with Gasteiger partial charge in [0.15, 0.2) is 0 Å². The van der Waals surface area contributed by atoms with E-state index in [1.165, 1.54) is 0 Å². The first-order valence-electron chi connectivity index (χ1n) is 10.5. The summed E-state index contributed by atoms with van der Waals surface area (Å²) in [4.78, 5) is 27.3. The van der Waals surface area contributed by atoms with E-state index >= 15 is 0 Å². The van der Waals surface area contributed by atoms with Crippen molar-refractivity contribution in [3.63, 3.8) is 0 Å². The molecule has 0 spiro atoms. The minimum absolute atomic E-state index is 0.00271. The molecule has 1 N–H and O–H groups in total. The van der Waals surface area contributed by atoms with Crippen molar-refractivity contribution >= 4 is 27.7 Å². The molecule has 0 aliphatic carbocycles. The van der Waals surface area contributed by atoms with Gasteiger partial charge in [-0.25, -0.2) is 0 Å². The normalized spacial score (nSPS) is 18.7. The van der Waals surface area contributed by atoms with Crippen molar-refractivity contribution in [2.75, 3.05) is 13.1 Å². The second-order valence-electron chi connectivity index (χ2n) is 8.15. The zero-order valence-electron chi connectivity index (χ0n) is 18.4. The minimum Gasteiger partial charge on any atom is -0.490 e. The Hall–Kier alpha value is -2.38. The summed E-state index contributed by atoms with van der Waals surface area (Å²) in [7, 11) is 0. The van der Waals surface area contributed by atoms with Crippen molar-refractivity contribution < 1.29 is 19.1 Å². The van der Waals surface area contributed by atoms with Crippen LogP contribution in [0.3, 0.4) is 0 Å². The fourth-order valence-electron chi connectivity index (χ4n) is 3.60. The molecule has 31 heavy (non-hydrogen) atoms. The summed E-state index contributed by atoms with van der Waals surface area (Å²) in [6, 6.07) is 12.7. The molecule has 2 atom stereocenters. The molecule has 0 radical (unpaired) electrons. The van der Waals surface area contributed by atoms with Crippen LogP contribution in [0, 0.1) is 0 Å². The lowest BCUT2D eigenvalue weighted by molar-refractivity contribution is -0.0586. The lowest BCUT2D eigenvalue weighted by Gasteiger charge is -2.35. The maximum absolute atomic E-state index is 12.8. The topological polar surface area (TPSA) is 67.9 Å². The van der Waals surface area contributed by atoms with Crippen LogP contribution in [-0.4, -0.2) is 48.1 Å². The van der Waals surface area contributed by atoms with Crippen LogP contribution in [0.5, 0.6) is 5.75 Å². The zero-order valence-corrected chi connectivity index (χ0v) is 19.9. The summed E-state index contributed by atoms with van der Waals surface area (Å²) in [6.07, 6.45) is 0.0269. The van der Waals surface area contributed by atoms with Crippen molar-refractivity contribution in [2.45, 2.75) is 52.6 Å². The third-order valence-electron chi connectivity index (χ3n) is 4.91. The van der Waals surface area contributed by atoms with Crippen LogP contribution in [0.15, 0.2) is 46.9 Å². The second-order valence-corrected chi connectivity index (χ2v) is 9.07. The monoisotopic (exact) mass is 488 g/mol. The first kappa shape index (κ1) is 23.3. The van der Waals surface area contributed by atoms with Gasteiger partial charge in [0.1, 0.15) is 5.75 Å². The molecule has 1 aliphatic heterocycles. The SMILES string of the molecule is CC(C)Oc1cc(Br)ccc1C(=O)NCc1ccc(C(=O)N2CC(C)OC(C)C2)cc1. The number of nitrogens with one attached hydrogen (secondary N) is 1. The van der Waals surface area contributed by atoms with E-state index < -0.39 is 0 Å². The number of carbonyl (C=O) groups is 2. The fourth-order valence-corrected chi connectivity index (χ4v) is 3.94. The highest BCUT2D eigenvalue weighted by Gasteiger charge is 2.26. The van der Waals surface area contributed by atoms with Gasteiger partial charge in [0.05, 0.1) is 23.9 Å². The Kier molecular flexibility index (Phi) is 7.73. The summed E-state index contributed by atoms with van der Waals surface area (Å²) >= 11 is 3.41. The first-order valence-corrected chi connectivity index (χ1v) is 11.3. The highest BCUT2D eigenvalue weighted by atomic mass is 79.9. The number of rotatable bonds is 6. The molecule has 2 unspecified atom stereocenters. The van der Waals surface area contributed by atoms with Gasteiger partial charge in [0.25, 0.3) is 11.8 Å². The van der Waals surface area contributed by atoms with Gasteiger partial charge in [0.2, 0.25) is 0 Å². The molecule has 166 valence electrons. The van der Waals surface area contributed by atoms with Crippen LogP contribution in [0.2, 0.25) is 0 Å². The Morgan fingerprint density at radius 3 is 2.39 bits per heavy atom. The molecule has 2 aromatic carbocycles. The van der Waals surface area contributed by atoms with Crippen molar-refractivity contribution in [1.82, 2.24) is 10.2 Å². The van der Waals surface area contributed by atoms with Crippen molar-refractivity contribution in [2.24, 2.45) is 0 Å². The number of hydrogen-bond acceptors (Lipinski definition) is 4. The lowest BCUT2D eigenvalue weighted by Crippen LogP contribution is -2.48. The smallest absolute Gasteiger partial charge is 0.255 e. The molecule has 1 heterocycles. The van der Waals surface area contributed by atoms with Crippen LogP contribution in [0.25, 0.3) is 0 Å². The molecule has 0 bridgehead atoms. The molecule has 7 heteroatoms. The molecule has 2 aromatic rings. The molecule has 1 aliphatic rings. The third-order valence-corrected chi connectivity index (χ3v) is 5.40. The maximum Gasteiger partial charge on any atom is 0.255 e. The second kappa shape index (κ2) is 10.3. The number of halogens is 1. The molecule has 1 fully saturated rings. The standard InChI is InChI=1S/C24H29BrN2O4/c1-15(2)30-22-11-20(25)9-10-21(22)23(28)26-12-18-5-7-19(8-6-18)24(29)27-13-16(3)31-17(4)14-27/h5-11,15-17H,12-14H2,1-4H3,(H,26,28). The Morgan fingerprint density at radius 1 is 1.13 bits per heavy atom. The van der Waals surface area contributed by atoms with Gasteiger partial charge in [0, 0.05) is 29.7 Å². The third kappa shape index (κ3) is 6.31. The highest BCUT2D eigenvalue weighted by Crippen LogP contribution is 2.25. The van der Waals surface area contributed by atoms with Gasteiger partial charge in [-0.1, -0.05) is 28.1 Å². The van der Waals surface area contributed by atoms with E-state index in [-0.39, 0.29) is 30.1 Å². The molecule has 0 saturated carbocycles. The van der Waals surface area contributed by atoms with Crippen molar-refractivity contribution in [3.05, 3.63) is 63.6 Å². The maximum atomic E-state index is 12.8. The van der Waals surface area contributed by atoms with Crippen LogP contribution >= 0.6 is 15.9 Å². The summed E-state index contributed by atoms with van der Waals surface area (Å²) in [5, 5.41) is 2.93. The Morgan fingerprint density at radius 2 is 1.77 bits per heavy atom. The quantitative estimate of drug-likeness (QED) is 0.653. The van der Waals surface area contributed by atoms with Gasteiger partial charge >= 0.3 is 0 Å². The lowest BCUT2D eigenvalue weighted by atomic mass is 10.1. The Bertz CT molecular complexity index is 920. The van der Waals surface area contributed by atoms with E-state index in [1.807, 2.05) is 62.9 Å². The van der Waals surface area contributed by atoms with Gasteiger partial charge in [-0.3, -0.25) is 9.59 Å². The van der Waals surface area contributed by atoms with E-state index in [0.717, 1.165) is 10.0 Å². The van der Waals surface area contributed by atoms with E-state index in [1.54, 1.807) is 12.1 Å². The number of morpholine rings is 1. The first-order chi connectivity index (χ1) is 14.7. The summed E-state index contributed by atoms with van der Waals surface area (Å²) in [5.74, 6) is 0.333. The summed E-state index contributed by atoms with van der Waals surface area (Å²) < 4.78 is 12.3. The van der Waals surface area contributed by atoms with Crippen molar-refractivity contribution in [1.29, 1.82) is 0 Å². The van der Waals surface area contributed by atoms with Crippen LogP contribution in [0.4, 0.5) is 0 Å². The molecule has 0 aromatic heterocycles. The number of benzene rings is 2. The predicted octanol–water partition coefficient (Wildman–Crippen LogP) is 4.42. The number of carbonyl (C=O) groups excluding carboxylic acids is 2. The van der Waals surface area contributed by atoms with Crippen LogP contribution in [0.1, 0.15) is 54.0 Å². The van der Waals surface area contributed by atoms with Crippen LogP contribution < -0.4 is 10.1 Å². The average molecular weight is 489 g/mol. The molecular formula is C24H29BrN2O4. The molecule has 2 amide bonds. The van der Waals surface area contributed by atoms with Crippen LogP contribution in [-0.2, 0) is 11.3 Å². The fraction of sp³-hybridized carbons (Fsp3) is 0.417. The van der Waals surface area contributed by atoms with E-state index in [0.29, 0.717) is 36.5 Å². The van der Waals surface area contributed by atoms with Gasteiger partial charge < -0.3 is 19.7 Å². The molecule has 3 rings (SSSR count). The number of hydrogen-bond donors (Lipinski definition) is 1. The molecule has 6 nitrogen and oxygen atoms in total. The van der Waals surface area contributed by atoms with E-state index in [4.69, 9.17) is 9.47 Å². The predicted molar refractivity (Wildman–Crippen MR) is 123 cm³/mol. The largest absolute Gasteiger partial charge is 0.490 e. The number of nitrogens with zero attached hydrogens (tertiary/aromatic N) is 1. The molecule has 1 saturated heterocycles.